The van der Waals surface area contributed by atoms with E-state index in [-0.39, 0.29) is 11.8 Å². The van der Waals surface area contributed by atoms with Gasteiger partial charge in [0.15, 0.2) is 0 Å². The van der Waals surface area contributed by atoms with Gasteiger partial charge < -0.3 is 10.2 Å². The highest BCUT2D eigenvalue weighted by atomic mass is 16.2. The Kier molecular flexibility index (Phi) is 7.45. The summed E-state index contributed by atoms with van der Waals surface area (Å²) in [6.45, 7) is 10.4. The van der Waals surface area contributed by atoms with Crippen molar-refractivity contribution >= 4 is 17.5 Å². The van der Waals surface area contributed by atoms with Crippen molar-refractivity contribution in [1.29, 1.82) is 0 Å². The van der Waals surface area contributed by atoms with Gasteiger partial charge in [0, 0.05) is 45.0 Å². The van der Waals surface area contributed by atoms with Gasteiger partial charge in [0.1, 0.15) is 0 Å². The predicted molar refractivity (Wildman–Crippen MR) is 112 cm³/mol. The summed E-state index contributed by atoms with van der Waals surface area (Å²) in [7, 11) is 0. The fraction of sp³-hybridized carbons (Fsp3) is 0.636. The van der Waals surface area contributed by atoms with Gasteiger partial charge in [0.25, 0.3) is 0 Å². The SMILES string of the molecule is CCc1ccccc1NC(=O)CN1CCN(CC(=O)N2CCC(C)CC2)CC1. The molecule has 6 nitrogen and oxygen atoms in total. The molecule has 0 bridgehead atoms. The van der Waals surface area contributed by atoms with Crippen molar-refractivity contribution in [2.75, 3.05) is 57.7 Å². The van der Waals surface area contributed by atoms with Crippen molar-refractivity contribution in [1.82, 2.24) is 14.7 Å². The number of hydrogen-bond acceptors (Lipinski definition) is 4. The number of likely N-dealkylation sites (tertiary alicyclic amines) is 1. The topological polar surface area (TPSA) is 55.9 Å². The summed E-state index contributed by atoms with van der Waals surface area (Å²) in [5, 5.41) is 3.04. The number of benzene rings is 1. The zero-order valence-corrected chi connectivity index (χ0v) is 17.3. The number of aryl methyl sites for hydroxylation is 1. The number of nitrogens with one attached hydrogen (secondary N) is 1. The first-order valence-corrected chi connectivity index (χ1v) is 10.7. The second-order valence-electron chi connectivity index (χ2n) is 8.17. The average Bonchev–Trinajstić information content (AvgIpc) is 2.70. The number of nitrogens with zero attached hydrogens (tertiary/aromatic N) is 3. The third-order valence-corrected chi connectivity index (χ3v) is 6.00. The van der Waals surface area contributed by atoms with Gasteiger partial charge in [0.05, 0.1) is 13.1 Å². The van der Waals surface area contributed by atoms with Crippen LogP contribution < -0.4 is 5.32 Å². The average molecular weight is 387 g/mol. The molecule has 1 N–H and O–H groups in total. The van der Waals surface area contributed by atoms with E-state index in [1.54, 1.807) is 0 Å². The van der Waals surface area contributed by atoms with E-state index in [0.717, 1.165) is 75.7 Å². The maximum absolute atomic E-state index is 12.5. The van der Waals surface area contributed by atoms with Crippen LogP contribution in [-0.2, 0) is 16.0 Å². The van der Waals surface area contributed by atoms with Crippen LogP contribution in [0.25, 0.3) is 0 Å². The summed E-state index contributed by atoms with van der Waals surface area (Å²) in [5.41, 5.74) is 2.07. The number of carbonyl (C=O) groups excluding carboxylic acids is 2. The number of rotatable bonds is 6. The molecule has 0 spiro atoms. The van der Waals surface area contributed by atoms with E-state index < -0.39 is 0 Å². The minimum absolute atomic E-state index is 0.0351. The van der Waals surface area contributed by atoms with E-state index in [4.69, 9.17) is 0 Å². The van der Waals surface area contributed by atoms with E-state index in [9.17, 15) is 9.59 Å². The van der Waals surface area contributed by atoms with Crippen molar-refractivity contribution < 1.29 is 9.59 Å². The first-order chi connectivity index (χ1) is 13.5. The monoisotopic (exact) mass is 386 g/mol. The van der Waals surface area contributed by atoms with Gasteiger partial charge in [-0.3, -0.25) is 19.4 Å². The minimum atomic E-state index is 0.0351. The van der Waals surface area contributed by atoms with Gasteiger partial charge in [-0.25, -0.2) is 0 Å². The molecule has 3 rings (SSSR count). The van der Waals surface area contributed by atoms with Crippen LogP contribution in [0.1, 0.15) is 32.3 Å². The Morgan fingerprint density at radius 2 is 1.57 bits per heavy atom. The standard InChI is InChI=1S/C22H34N4O2/c1-3-19-6-4-5-7-20(19)23-21(27)16-24-12-14-25(15-13-24)17-22(28)26-10-8-18(2)9-11-26/h4-7,18H,3,8-17H2,1-2H3,(H,23,27). The smallest absolute Gasteiger partial charge is 0.238 e. The molecule has 2 saturated heterocycles. The largest absolute Gasteiger partial charge is 0.342 e. The maximum Gasteiger partial charge on any atom is 0.238 e. The van der Waals surface area contributed by atoms with Gasteiger partial charge in [-0.15, -0.1) is 0 Å². The van der Waals surface area contributed by atoms with Crippen LogP contribution in [0.2, 0.25) is 0 Å². The lowest BCUT2D eigenvalue weighted by Crippen LogP contribution is -2.52. The summed E-state index contributed by atoms with van der Waals surface area (Å²) in [6.07, 6.45) is 3.14. The normalized spacial score (nSPS) is 19.6. The van der Waals surface area contributed by atoms with Crippen molar-refractivity contribution in [3.05, 3.63) is 29.8 Å². The van der Waals surface area contributed by atoms with Crippen LogP contribution >= 0.6 is 0 Å². The minimum Gasteiger partial charge on any atom is -0.342 e. The molecule has 28 heavy (non-hydrogen) atoms. The molecule has 2 aliphatic heterocycles. The molecule has 154 valence electrons. The summed E-state index contributed by atoms with van der Waals surface area (Å²) in [5.74, 6) is 1.03. The Hall–Kier alpha value is -1.92. The molecule has 6 heteroatoms. The fourth-order valence-corrected chi connectivity index (χ4v) is 4.00. The molecule has 2 heterocycles. The molecule has 2 amide bonds. The lowest BCUT2D eigenvalue weighted by Gasteiger charge is -2.36. The molecule has 0 aromatic heterocycles. The summed E-state index contributed by atoms with van der Waals surface area (Å²) >= 11 is 0. The number of amides is 2. The molecule has 1 aromatic carbocycles. The van der Waals surface area contributed by atoms with Gasteiger partial charge in [0.2, 0.25) is 11.8 Å². The summed E-state index contributed by atoms with van der Waals surface area (Å²) < 4.78 is 0. The summed E-state index contributed by atoms with van der Waals surface area (Å²) in [6, 6.07) is 7.96. The number of anilines is 1. The Bertz CT molecular complexity index is 662. The van der Waals surface area contributed by atoms with E-state index in [2.05, 4.69) is 29.0 Å². The highest BCUT2D eigenvalue weighted by Crippen LogP contribution is 2.17. The van der Waals surface area contributed by atoms with Crippen molar-refractivity contribution in [2.45, 2.75) is 33.1 Å². The molecule has 2 aliphatic rings. The van der Waals surface area contributed by atoms with Gasteiger partial charge >= 0.3 is 0 Å². The molecule has 0 radical (unpaired) electrons. The second-order valence-corrected chi connectivity index (χ2v) is 8.17. The van der Waals surface area contributed by atoms with E-state index in [0.29, 0.717) is 13.1 Å². The zero-order valence-electron chi connectivity index (χ0n) is 17.3. The van der Waals surface area contributed by atoms with Crippen LogP contribution in [0, 0.1) is 5.92 Å². The van der Waals surface area contributed by atoms with E-state index >= 15 is 0 Å². The van der Waals surface area contributed by atoms with Gasteiger partial charge in [-0.2, -0.15) is 0 Å². The highest BCUT2D eigenvalue weighted by Gasteiger charge is 2.25. The summed E-state index contributed by atoms with van der Waals surface area (Å²) in [4.78, 5) is 31.3. The van der Waals surface area contributed by atoms with Crippen LogP contribution in [0.4, 0.5) is 5.69 Å². The number of carbonyl (C=O) groups is 2. The molecule has 0 unspecified atom stereocenters. The lowest BCUT2D eigenvalue weighted by atomic mass is 9.99. The predicted octanol–water partition coefficient (Wildman–Crippen LogP) is 2.06. The third kappa shape index (κ3) is 5.79. The highest BCUT2D eigenvalue weighted by molar-refractivity contribution is 5.93. The molecule has 1 aromatic rings. The van der Waals surface area contributed by atoms with Gasteiger partial charge in [-0.05, 0) is 36.8 Å². The van der Waals surface area contributed by atoms with Crippen LogP contribution in [-0.4, -0.2) is 78.9 Å². The molecular weight excluding hydrogens is 352 g/mol. The Morgan fingerprint density at radius 3 is 2.21 bits per heavy atom. The molecule has 0 atom stereocenters. The van der Waals surface area contributed by atoms with Crippen LogP contribution in [0.15, 0.2) is 24.3 Å². The number of piperazine rings is 1. The van der Waals surface area contributed by atoms with Crippen molar-refractivity contribution in [2.24, 2.45) is 5.92 Å². The van der Waals surface area contributed by atoms with Crippen molar-refractivity contribution in [3.63, 3.8) is 0 Å². The molecule has 0 aliphatic carbocycles. The fourth-order valence-electron chi connectivity index (χ4n) is 4.00. The Balaban J connectivity index is 1.39. The second kappa shape index (κ2) is 10.0. The van der Waals surface area contributed by atoms with Crippen LogP contribution in [0.3, 0.4) is 0 Å². The number of hydrogen-bond donors (Lipinski definition) is 1. The quantitative estimate of drug-likeness (QED) is 0.813. The first-order valence-electron chi connectivity index (χ1n) is 10.7. The number of para-hydroxylation sites is 1. The first kappa shape index (κ1) is 20.8. The van der Waals surface area contributed by atoms with Gasteiger partial charge in [-0.1, -0.05) is 32.0 Å². The van der Waals surface area contributed by atoms with E-state index in [1.807, 2.05) is 29.2 Å². The molecule has 2 fully saturated rings. The maximum atomic E-state index is 12.5. The van der Waals surface area contributed by atoms with Crippen molar-refractivity contribution in [3.8, 4) is 0 Å². The molecular formula is C22H34N4O2. The Morgan fingerprint density at radius 1 is 0.964 bits per heavy atom. The lowest BCUT2D eigenvalue weighted by molar-refractivity contribution is -0.134. The number of piperidine rings is 1. The van der Waals surface area contributed by atoms with Crippen LogP contribution in [0.5, 0.6) is 0 Å². The Labute approximate surface area is 168 Å². The van der Waals surface area contributed by atoms with E-state index in [1.165, 1.54) is 0 Å². The molecule has 0 saturated carbocycles. The third-order valence-electron chi connectivity index (χ3n) is 6.00. The zero-order chi connectivity index (χ0) is 19.9.